The van der Waals surface area contributed by atoms with Gasteiger partial charge in [0.2, 0.25) is 0 Å². The van der Waals surface area contributed by atoms with Gasteiger partial charge in [-0.3, -0.25) is 0 Å². The van der Waals surface area contributed by atoms with E-state index in [0.717, 1.165) is 13.1 Å². The number of halogens is 1. The first-order chi connectivity index (χ1) is 7.95. The van der Waals surface area contributed by atoms with Crippen molar-refractivity contribution in [2.24, 2.45) is 5.92 Å². The molecule has 0 aliphatic carbocycles. The fourth-order valence-electron chi connectivity index (χ4n) is 1.59. The van der Waals surface area contributed by atoms with Crippen molar-refractivity contribution in [1.82, 2.24) is 4.98 Å². The van der Waals surface area contributed by atoms with Crippen LogP contribution in [-0.2, 0) is 0 Å². The highest BCUT2D eigenvalue weighted by Crippen LogP contribution is 2.24. The van der Waals surface area contributed by atoms with Gasteiger partial charge in [0.15, 0.2) is 0 Å². The molecular formula is C12H17ClN2O2. The van der Waals surface area contributed by atoms with Gasteiger partial charge in [-0.15, -0.1) is 0 Å². The Hall–Kier alpha value is -1.29. The van der Waals surface area contributed by atoms with Gasteiger partial charge in [0.25, 0.3) is 0 Å². The van der Waals surface area contributed by atoms with Gasteiger partial charge in [-0.1, -0.05) is 25.4 Å². The molecule has 0 bridgehead atoms. The van der Waals surface area contributed by atoms with Crippen LogP contribution >= 0.6 is 11.6 Å². The van der Waals surface area contributed by atoms with Crippen LogP contribution in [0.3, 0.4) is 0 Å². The zero-order valence-electron chi connectivity index (χ0n) is 10.3. The van der Waals surface area contributed by atoms with Gasteiger partial charge in [-0.25, -0.2) is 9.78 Å². The minimum Gasteiger partial charge on any atom is -0.478 e. The standard InChI is InChI=1S/C12H17ClN2O2/c1-4-15(7-8(2)3)11-10(13)5-9(6-14-11)12(16)17/h5-6,8H,4,7H2,1-3H3,(H,16,17). The Morgan fingerprint density at radius 1 is 1.59 bits per heavy atom. The van der Waals surface area contributed by atoms with Crippen molar-refractivity contribution in [1.29, 1.82) is 0 Å². The summed E-state index contributed by atoms with van der Waals surface area (Å²) < 4.78 is 0. The van der Waals surface area contributed by atoms with Gasteiger partial charge in [-0.05, 0) is 18.9 Å². The van der Waals surface area contributed by atoms with Crippen LogP contribution in [-0.4, -0.2) is 29.1 Å². The molecule has 17 heavy (non-hydrogen) atoms. The third-order valence-electron chi connectivity index (χ3n) is 2.34. The lowest BCUT2D eigenvalue weighted by Gasteiger charge is -2.24. The quantitative estimate of drug-likeness (QED) is 0.880. The molecule has 0 saturated heterocycles. The summed E-state index contributed by atoms with van der Waals surface area (Å²) in [4.78, 5) is 16.9. The summed E-state index contributed by atoms with van der Waals surface area (Å²) in [6.45, 7) is 7.88. The van der Waals surface area contributed by atoms with Crippen molar-refractivity contribution < 1.29 is 9.90 Å². The van der Waals surface area contributed by atoms with Crippen LogP contribution in [0.15, 0.2) is 12.3 Å². The van der Waals surface area contributed by atoms with Crippen molar-refractivity contribution in [2.75, 3.05) is 18.0 Å². The molecule has 1 rings (SSSR count). The lowest BCUT2D eigenvalue weighted by atomic mass is 10.2. The fourth-order valence-corrected chi connectivity index (χ4v) is 1.87. The second kappa shape index (κ2) is 5.87. The van der Waals surface area contributed by atoms with Crippen LogP contribution in [0.1, 0.15) is 31.1 Å². The number of hydrogen-bond donors (Lipinski definition) is 1. The smallest absolute Gasteiger partial charge is 0.337 e. The van der Waals surface area contributed by atoms with Gasteiger partial charge in [0, 0.05) is 19.3 Å². The number of pyridine rings is 1. The molecule has 4 nitrogen and oxygen atoms in total. The van der Waals surface area contributed by atoms with Crippen molar-refractivity contribution in [3.05, 3.63) is 22.8 Å². The van der Waals surface area contributed by atoms with Gasteiger partial charge >= 0.3 is 5.97 Å². The maximum absolute atomic E-state index is 10.8. The molecule has 0 spiro atoms. The number of carbonyl (C=O) groups is 1. The van der Waals surface area contributed by atoms with Crippen molar-refractivity contribution in [3.63, 3.8) is 0 Å². The highest BCUT2D eigenvalue weighted by atomic mass is 35.5. The maximum Gasteiger partial charge on any atom is 0.337 e. The second-order valence-corrected chi connectivity index (χ2v) is 4.67. The van der Waals surface area contributed by atoms with Crippen LogP contribution in [0.4, 0.5) is 5.82 Å². The molecule has 0 aliphatic heterocycles. The molecule has 0 radical (unpaired) electrons. The Kier molecular flexibility index (Phi) is 4.75. The first-order valence-electron chi connectivity index (χ1n) is 5.59. The monoisotopic (exact) mass is 256 g/mol. The Labute approximate surface area is 106 Å². The summed E-state index contributed by atoms with van der Waals surface area (Å²) in [5.41, 5.74) is 0.111. The van der Waals surface area contributed by atoms with Gasteiger partial charge in [-0.2, -0.15) is 0 Å². The average molecular weight is 257 g/mol. The number of anilines is 1. The highest BCUT2D eigenvalue weighted by molar-refractivity contribution is 6.33. The van der Waals surface area contributed by atoms with Crippen LogP contribution in [0.2, 0.25) is 5.02 Å². The lowest BCUT2D eigenvalue weighted by Crippen LogP contribution is -2.28. The third kappa shape index (κ3) is 3.60. The summed E-state index contributed by atoms with van der Waals surface area (Å²) in [5.74, 6) is 0.123. The first kappa shape index (κ1) is 13.8. The van der Waals surface area contributed by atoms with Gasteiger partial charge in [0.05, 0.1) is 10.6 Å². The van der Waals surface area contributed by atoms with E-state index >= 15 is 0 Å². The van der Waals surface area contributed by atoms with Crippen molar-refractivity contribution in [2.45, 2.75) is 20.8 Å². The fraction of sp³-hybridized carbons (Fsp3) is 0.500. The second-order valence-electron chi connectivity index (χ2n) is 4.27. The Bertz CT molecular complexity index is 407. The number of carboxylic acids is 1. The zero-order valence-corrected chi connectivity index (χ0v) is 11.0. The summed E-state index contributed by atoms with van der Waals surface area (Å²) >= 11 is 6.06. The van der Waals surface area contributed by atoms with Crippen LogP contribution in [0, 0.1) is 5.92 Å². The summed E-state index contributed by atoms with van der Waals surface area (Å²) in [6.07, 6.45) is 1.34. The highest BCUT2D eigenvalue weighted by Gasteiger charge is 2.14. The molecule has 1 aromatic rings. The normalized spacial score (nSPS) is 10.6. The van der Waals surface area contributed by atoms with E-state index in [-0.39, 0.29) is 5.56 Å². The number of nitrogens with zero attached hydrogens (tertiary/aromatic N) is 2. The van der Waals surface area contributed by atoms with Crippen LogP contribution < -0.4 is 4.90 Å². The SMILES string of the molecule is CCN(CC(C)C)c1ncc(C(=O)O)cc1Cl. The first-order valence-corrected chi connectivity index (χ1v) is 5.97. The predicted octanol–water partition coefficient (Wildman–Crippen LogP) is 2.92. The Balaban J connectivity index is 3.00. The zero-order chi connectivity index (χ0) is 13.0. The minimum atomic E-state index is -1.02. The lowest BCUT2D eigenvalue weighted by molar-refractivity contribution is 0.0696. The van der Waals surface area contributed by atoms with Crippen LogP contribution in [0.5, 0.6) is 0 Å². The molecule has 0 atom stereocenters. The third-order valence-corrected chi connectivity index (χ3v) is 2.61. The van der Waals surface area contributed by atoms with Gasteiger partial charge < -0.3 is 10.0 Å². The molecule has 0 aromatic carbocycles. The van der Waals surface area contributed by atoms with E-state index < -0.39 is 5.97 Å². The van der Waals surface area contributed by atoms with Crippen molar-refractivity contribution in [3.8, 4) is 0 Å². The van der Waals surface area contributed by atoms with E-state index in [1.165, 1.54) is 12.3 Å². The molecule has 0 amide bonds. The van der Waals surface area contributed by atoms with E-state index in [0.29, 0.717) is 16.8 Å². The number of hydrogen-bond acceptors (Lipinski definition) is 3. The number of aromatic nitrogens is 1. The molecule has 1 heterocycles. The van der Waals surface area contributed by atoms with E-state index in [1.807, 2.05) is 11.8 Å². The van der Waals surface area contributed by atoms with Crippen molar-refractivity contribution >= 4 is 23.4 Å². The Morgan fingerprint density at radius 2 is 2.24 bits per heavy atom. The minimum absolute atomic E-state index is 0.111. The van der Waals surface area contributed by atoms with Crippen LogP contribution in [0.25, 0.3) is 0 Å². The van der Waals surface area contributed by atoms with E-state index in [1.54, 1.807) is 0 Å². The molecule has 1 aromatic heterocycles. The molecule has 1 N–H and O–H groups in total. The van der Waals surface area contributed by atoms with Gasteiger partial charge in [0.1, 0.15) is 5.82 Å². The number of rotatable bonds is 5. The Morgan fingerprint density at radius 3 is 2.65 bits per heavy atom. The molecule has 0 saturated carbocycles. The van der Waals surface area contributed by atoms with E-state index in [2.05, 4.69) is 18.8 Å². The molecule has 5 heteroatoms. The topological polar surface area (TPSA) is 53.4 Å². The summed E-state index contributed by atoms with van der Waals surface area (Å²) in [7, 11) is 0. The number of aromatic carboxylic acids is 1. The molecule has 0 fully saturated rings. The van der Waals surface area contributed by atoms with E-state index in [9.17, 15) is 4.79 Å². The molecular weight excluding hydrogens is 240 g/mol. The average Bonchev–Trinajstić information content (AvgIpc) is 2.25. The maximum atomic E-state index is 10.8. The predicted molar refractivity (Wildman–Crippen MR) is 68.9 cm³/mol. The number of carboxylic acid groups (broad SMARTS) is 1. The molecule has 0 aliphatic rings. The molecule has 94 valence electrons. The largest absolute Gasteiger partial charge is 0.478 e. The van der Waals surface area contributed by atoms with E-state index in [4.69, 9.17) is 16.7 Å². The summed E-state index contributed by atoms with van der Waals surface area (Å²) in [6, 6.07) is 1.44. The molecule has 0 unspecified atom stereocenters. The summed E-state index contributed by atoms with van der Waals surface area (Å²) in [5, 5.41) is 9.21.